The van der Waals surface area contributed by atoms with Gasteiger partial charge in [-0.3, -0.25) is 9.78 Å². The number of rotatable bonds is 6. The molecule has 1 amide bonds. The lowest BCUT2D eigenvalue weighted by Gasteiger charge is -2.37. The zero-order valence-electron chi connectivity index (χ0n) is 17.9. The monoisotopic (exact) mass is 464 g/mol. The van der Waals surface area contributed by atoms with Crippen LogP contribution in [-0.2, 0) is 22.9 Å². The Morgan fingerprint density at radius 1 is 1.33 bits per heavy atom. The number of aromatic nitrogens is 1. The molecule has 3 heterocycles. The topological polar surface area (TPSA) is 108 Å². The Labute approximate surface area is 187 Å². The highest BCUT2D eigenvalue weighted by Gasteiger charge is 2.41. The van der Waals surface area contributed by atoms with E-state index in [4.69, 9.17) is 19.6 Å². The Balaban J connectivity index is 1.87. The normalized spacial score (nSPS) is 19.1. The molecule has 1 saturated heterocycles. The van der Waals surface area contributed by atoms with E-state index in [1.54, 1.807) is 19.1 Å². The molecule has 1 aliphatic rings. The van der Waals surface area contributed by atoms with Crippen molar-refractivity contribution in [2.45, 2.75) is 38.0 Å². The van der Waals surface area contributed by atoms with E-state index >= 15 is 0 Å². The Hall–Kier alpha value is -3.11. The molecule has 1 fully saturated rings. The number of nitrogens with two attached hydrogens (primary N) is 1. The molecule has 1 aliphatic heterocycles. The summed E-state index contributed by atoms with van der Waals surface area (Å²) in [6, 6.07) is 5.81. The molecule has 176 valence electrons. The summed E-state index contributed by atoms with van der Waals surface area (Å²) in [7, 11) is 0. The second kappa shape index (κ2) is 8.68. The Kier molecular flexibility index (Phi) is 6.06. The van der Waals surface area contributed by atoms with Gasteiger partial charge < -0.3 is 24.7 Å². The standard InChI is InChI=1S/C23H23F3N2O5/c1-13-17(21(27)30)18-15(33-13)5-6-16(19(18)22(11-29)7-3-9-31-12-22)32-10-14-4-2-8-28-20(14)23(24,25)26/h2,4-6,8,29H,3,7,9-12H2,1H3,(H2,27,30). The number of aliphatic hydroxyl groups is 1. The number of hydrogen-bond acceptors (Lipinski definition) is 6. The SMILES string of the molecule is Cc1oc2ccc(OCc3cccnc3C(F)(F)F)c(C3(CO)CCCOC3)c2c1C(N)=O. The largest absolute Gasteiger partial charge is 0.488 e. The van der Waals surface area contributed by atoms with Gasteiger partial charge in [0, 0.05) is 34.7 Å². The van der Waals surface area contributed by atoms with Crippen molar-refractivity contribution in [2.75, 3.05) is 19.8 Å². The van der Waals surface area contributed by atoms with Gasteiger partial charge in [0.2, 0.25) is 0 Å². The number of pyridine rings is 1. The van der Waals surface area contributed by atoms with Crippen molar-refractivity contribution in [1.29, 1.82) is 0 Å². The molecule has 1 unspecified atom stereocenters. The number of aryl methyl sites for hydroxylation is 1. The van der Waals surface area contributed by atoms with Gasteiger partial charge in [0.1, 0.15) is 23.7 Å². The lowest BCUT2D eigenvalue weighted by Crippen LogP contribution is -2.40. The van der Waals surface area contributed by atoms with E-state index in [9.17, 15) is 23.1 Å². The van der Waals surface area contributed by atoms with Crippen LogP contribution in [0.5, 0.6) is 5.75 Å². The van der Waals surface area contributed by atoms with Gasteiger partial charge in [0.05, 0.1) is 18.8 Å². The molecule has 0 spiro atoms. The number of primary amides is 1. The molecular formula is C23H23F3N2O5. The van der Waals surface area contributed by atoms with Crippen LogP contribution in [0.25, 0.3) is 11.0 Å². The predicted octanol–water partition coefficient (Wildman–Crippen LogP) is 3.87. The number of nitrogens with zero attached hydrogens (tertiary/aromatic N) is 1. The molecule has 4 rings (SSSR count). The quantitative estimate of drug-likeness (QED) is 0.573. The predicted molar refractivity (Wildman–Crippen MR) is 112 cm³/mol. The maximum absolute atomic E-state index is 13.4. The van der Waals surface area contributed by atoms with Gasteiger partial charge >= 0.3 is 6.18 Å². The number of carbonyl (C=O) groups is 1. The Morgan fingerprint density at radius 2 is 2.12 bits per heavy atom. The number of hydrogen-bond donors (Lipinski definition) is 2. The number of benzene rings is 1. The molecular weight excluding hydrogens is 441 g/mol. The first-order valence-corrected chi connectivity index (χ1v) is 10.4. The second-order valence-electron chi connectivity index (χ2n) is 8.10. The minimum Gasteiger partial charge on any atom is -0.488 e. The third-order valence-corrected chi connectivity index (χ3v) is 5.94. The summed E-state index contributed by atoms with van der Waals surface area (Å²) in [6.07, 6.45) is -2.42. The number of amides is 1. The average molecular weight is 464 g/mol. The fourth-order valence-corrected chi connectivity index (χ4v) is 4.45. The smallest absolute Gasteiger partial charge is 0.433 e. The fourth-order valence-electron chi connectivity index (χ4n) is 4.45. The minimum absolute atomic E-state index is 0.140. The van der Waals surface area contributed by atoms with Crippen LogP contribution in [-0.4, -0.2) is 35.8 Å². The number of alkyl halides is 3. The molecule has 33 heavy (non-hydrogen) atoms. The first kappa shape index (κ1) is 23.1. The van der Waals surface area contributed by atoms with Crippen molar-refractivity contribution in [1.82, 2.24) is 4.98 Å². The molecule has 0 saturated carbocycles. The molecule has 0 bridgehead atoms. The summed E-state index contributed by atoms with van der Waals surface area (Å²) in [5.74, 6) is -0.212. The van der Waals surface area contributed by atoms with Gasteiger partial charge in [0.25, 0.3) is 5.91 Å². The summed E-state index contributed by atoms with van der Waals surface area (Å²) in [6.45, 7) is 1.49. The molecule has 0 aliphatic carbocycles. The van der Waals surface area contributed by atoms with Crippen LogP contribution in [0.4, 0.5) is 13.2 Å². The number of halogens is 3. The average Bonchev–Trinajstić information content (AvgIpc) is 3.13. The van der Waals surface area contributed by atoms with E-state index in [2.05, 4.69) is 4.98 Å². The Morgan fingerprint density at radius 3 is 2.76 bits per heavy atom. The molecule has 0 radical (unpaired) electrons. The van der Waals surface area contributed by atoms with Gasteiger partial charge in [-0.05, 0) is 38.0 Å². The van der Waals surface area contributed by atoms with Crippen LogP contribution in [0.1, 0.15) is 45.8 Å². The summed E-state index contributed by atoms with van der Waals surface area (Å²) < 4.78 is 57.4. The van der Waals surface area contributed by atoms with Crippen molar-refractivity contribution < 1.29 is 37.0 Å². The summed E-state index contributed by atoms with van der Waals surface area (Å²) in [4.78, 5) is 15.7. The number of furan rings is 1. The molecule has 10 heteroatoms. The maximum Gasteiger partial charge on any atom is 0.433 e. The van der Waals surface area contributed by atoms with Crippen molar-refractivity contribution >= 4 is 16.9 Å². The van der Waals surface area contributed by atoms with Crippen molar-refractivity contribution in [3.63, 3.8) is 0 Å². The molecule has 3 aromatic rings. The summed E-state index contributed by atoms with van der Waals surface area (Å²) >= 11 is 0. The van der Waals surface area contributed by atoms with Crippen LogP contribution < -0.4 is 10.5 Å². The van der Waals surface area contributed by atoms with E-state index < -0.39 is 29.8 Å². The third-order valence-electron chi connectivity index (χ3n) is 5.94. The molecule has 7 nitrogen and oxygen atoms in total. The van der Waals surface area contributed by atoms with Gasteiger partial charge in [-0.1, -0.05) is 6.07 Å². The molecule has 1 atom stereocenters. The zero-order valence-corrected chi connectivity index (χ0v) is 17.9. The van der Waals surface area contributed by atoms with Gasteiger partial charge in [0.15, 0.2) is 5.69 Å². The number of aliphatic hydroxyl groups excluding tert-OH is 1. The summed E-state index contributed by atoms with van der Waals surface area (Å²) in [5.41, 5.74) is 4.43. The van der Waals surface area contributed by atoms with Gasteiger partial charge in [-0.15, -0.1) is 0 Å². The maximum atomic E-state index is 13.4. The lowest BCUT2D eigenvalue weighted by molar-refractivity contribution is -0.142. The van der Waals surface area contributed by atoms with Gasteiger partial charge in [-0.25, -0.2) is 0 Å². The minimum atomic E-state index is -4.64. The van der Waals surface area contributed by atoms with E-state index in [1.807, 2.05) is 0 Å². The summed E-state index contributed by atoms with van der Waals surface area (Å²) in [5, 5.41) is 10.8. The van der Waals surface area contributed by atoms with Gasteiger partial charge in [-0.2, -0.15) is 13.2 Å². The molecule has 1 aromatic carbocycles. The Bertz CT molecular complexity index is 1180. The van der Waals surface area contributed by atoms with Crippen molar-refractivity contribution in [3.8, 4) is 5.75 Å². The molecule has 2 aromatic heterocycles. The van der Waals surface area contributed by atoms with Crippen LogP contribution >= 0.6 is 0 Å². The van der Waals surface area contributed by atoms with Crippen molar-refractivity contribution in [2.24, 2.45) is 5.73 Å². The number of carbonyl (C=O) groups excluding carboxylic acids is 1. The highest BCUT2D eigenvalue weighted by molar-refractivity contribution is 6.08. The first-order valence-electron chi connectivity index (χ1n) is 10.4. The van der Waals surface area contributed by atoms with Crippen LogP contribution in [0, 0.1) is 6.92 Å². The third kappa shape index (κ3) is 4.16. The van der Waals surface area contributed by atoms with E-state index in [0.29, 0.717) is 41.7 Å². The number of fused-ring (bicyclic) bond motifs is 1. The fraction of sp³-hybridized carbons (Fsp3) is 0.391. The second-order valence-corrected chi connectivity index (χ2v) is 8.10. The molecule has 3 N–H and O–H groups in total. The van der Waals surface area contributed by atoms with E-state index in [0.717, 1.165) is 6.20 Å². The highest BCUT2D eigenvalue weighted by Crippen LogP contribution is 2.45. The van der Waals surface area contributed by atoms with E-state index in [1.165, 1.54) is 12.1 Å². The number of ether oxygens (including phenoxy) is 2. The highest BCUT2D eigenvalue weighted by atomic mass is 19.4. The lowest BCUT2D eigenvalue weighted by atomic mass is 9.74. The van der Waals surface area contributed by atoms with Crippen LogP contribution in [0.2, 0.25) is 0 Å². The zero-order chi connectivity index (χ0) is 23.8. The van der Waals surface area contributed by atoms with Crippen LogP contribution in [0.15, 0.2) is 34.9 Å². The first-order chi connectivity index (χ1) is 15.7. The van der Waals surface area contributed by atoms with Crippen molar-refractivity contribution in [3.05, 3.63) is 58.6 Å². The van der Waals surface area contributed by atoms with Crippen LogP contribution in [0.3, 0.4) is 0 Å². The van der Waals surface area contributed by atoms with E-state index in [-0.39, 0.29) is 30.1 Å².